The van der Waals surface area contributed by atoms with Gasteiger partial charge < -0.3 is 10.6 Å². The molecular weight excluding hydrogens is 353 g/mol. The number of nitrogens with zero attached hydrogens (tertiary/aromatic N) is 1. The molecule has 104 valence electrons. The van der Waals surface area contributed by atoms with Crippen molar-refractivity contribution in [3.05, 3.63) is 27.3 Å². The van der Waals surface area contributed by atoms with E-state index in [-0.39, 0.29) is 5.91 Å². The summed E-state index contributed by atoms with van der Waals surface area (Å²) in [6.45, 7) is 7.47. The maximum atomic E-state index is 12.1. The number of carbonyl (C=O) groups excluding carboxylic acids is 1. The van der Waals surface area contributed by atoms with Crippen LogP contribution in [0.3, 0.4) is 0 Å². The molecule has 1 amide bonds. The van der Waals surface area contributed by atoms with Gasteiger partial charge in [-0.15, -0.1) is 0 Å². The van der Waals surface area contributed by atoms with Gasteiger partial charge >= 0.3 is 0 Å². The van der Waals surface area contributed by atoms with Gasteiger partial charge in [0.25, 0.3) is 0 Å². The van der Waals surface area contributed by atoms with E-state index in [0.717, 1.165) is 30.9 Å². The summed E-state index contributed by atoms with van der Waals surface area (Å²) in [5, 5.41) is 6.24. The molecule has 2 rings (SSSR count). The van der Waals surface area contributed by atoms with E-state index in [9.17, 15) is 4.79 Å². The normalized spacial score (nSPS) is 15.4. The van der Waals surface area contributed by atoms with Crippen LogP contribution in [0.25, 0.3) is 0 Å². The van der Waals surface area contributed by atoms with Gasteiger partial charge in [0.05, 0.1) is 6.54 Å². The molecule has 0 radical (unpaired) electrons. The van der Waals surface area contributed by atoms with Crippen LogP contribution in [0.5, 0.6) is 0 Å². The number of rotatable bonds is 5. The first-order valence-electron chi connectivity index (χ1n) is 6.61. The standard InChI is InChI=1S/C14H20IN3O/c1-3-18(12-7-16-8-12)9-14(19)17-13-5-4-11(15)6-10(13)2/h4-6,12,16H,3,7-9H2,1-2H3,(H,17,19). The monoisotopic (exact) mass is 373 g/mol. The fourth-order valence-electron chi connectivity index (χ4n) is 2.17. The van der Waals surface area contributed by atoms with Crippen molar-refractivity contribution >= 4 is 34.2 Å². The predicted octanol–water partition coefficient (Wildman–Crippen LogP) is 1.83. The number of likely N-dealkylation sites (N-methyl/N-ethyl adjacent to an activating group) is 1. The minimum absolute atomic E-state index is 0.0676. The van der Waals surface area contributed by atoms with E-state index in [1.54, 1.807) is 0 Å². The third-order valence-electron chi connectivity index (χ3n) is 3.49. The molecule has 19 heavy (non-hydrogen) atoms. The summed E-state index contributed by atoms with van der Waals surface area (Å²) in [7, 11) is 0. The van der Waals surface area contributed by atoms with Crippen molar-refractivity contribution in [3.63, 3.8) is 0 Å². The number of hydrogen-bond donors (Lipinski definition) is 2. The predicted molar refractivity (Wildman–Crippen MR) is 86.4 cm³/mol. The Morgan fingerprint density at radius 1 is 1.53 bits per heavy atom. The van der Waals surface area contributed by atoms with E-state index in [4.69, 9.17) is 0 Å². The lowest BCUT2D eigenvalue weighted by molar-refractivity contribution is -0.118. The molecule has 0 aliphatic carbocycles. The molecule has 1 aromatic carbocycles. The number of halogens is 1. The maximum absolute atomic E-state index is 12.1. The van der Waals surface area contributed by atoms with Gasteiger partial charge in [-0.2, -0.15) is 0 Å². The Morgan fingerprint density at radius 2 is 2.26 bits per heavy atom. The number of hydrogen-bond acceptors (Lipinski definition) is 3. The lowest BCUT2D eigenvalue weighted by Gasteiger charge is -2.37. The highest BCUT2D eigenvalue weighted by Crippen LogP contribution is 2.17. The highest BCUT2D eigenvalue weighted by atomic mass is 127. The van der Waals surface area contributed by atoms with E-state index < -0.39 is 0 Å². The first-order valence-corrected chi connectivity index (χ1v) is 7.68. The van der Waals surface area contributed by atoms with Gasteiger partial charge in [0.15, 0.2) is 0 Å². The van der Waals surface area contributed by atoms with Crippen LogP contribution in [0, 0.1) is 10.5 Å². The number of carbonyl (C=O) groups is 1. The fraction of sp³-hybridized carbons (Fsp3) is 0.500. The molecule has 1 aromatic rings. The van der Waals surface area contributed by atoms with Crippen LogP contribution < -0.4 is 10.6 Å². The van der Waals surface area contributed by atoms with Crippen LogP contribution in [-0.4, -0.2) is 43.0 Å². The Bertz CT molecular complexity index is 460. The van der Waals surface area contributed by atoms with Gasteiger partial charge in [0.2, 0.25) is 5.91 Å². The van der Waals surface area contributed by atoms with E-state index in [2.05, 4.69) is 51.1 Å². The summed E-state index contributed by atoms with van der Waals surface area (Å²) < 4.78 is 1.18. The van der Waals surface area contributed by atoms with Gasteiger partial charge in [-0.25, -0.2) is 0 Å². The lowest BCUT2D eigenvalue weighted by Crippen LogP contribution is -2.58. The van der Waals surface area contributed by atoms with Crippen LogP contribution in [0.4, 0.5) is 5.69 Å². The Kier molecular flexibility index (Phi) is 5.18. The van der Waals surface area contributed by atoms with Crippen LogP contribution in [-0.2, 0) is 4.79 Å². The average Bonchev–Trinajstić information content (AvgIpc) is 2.29. The molecule has 0 aromatic heterocycles. The topological polar surface area (TPSA) is 44.4 Å². The molecular formula is C14H20IN3O. The number of aryl methyl sites for hydroxylation is 1. The van der Waals surface area contributed by atoms with E-state index >= 15 is 0 Å². The van der Waals surface area contributed by atoms with Gasteiger partial charge in [-0.05, 0) is 59.8 Å². The van der Waals surface area contributed by atoms with Crippen molar-refractivity contribution < 1.29 is 4.79 Å². The summed E-state index contributed by atoms with van der Waals surface area (Å²) in [6.07, 6.45) is 0. The zero-order valence-corrected chi connectivity index (χ0v) is 13.5. The molecule has 5 heteroatoms. The van der Waals surface area contributed by atoms with Crippen molar-refractivity contribution in [2.45, 2.75) is 19.9 Å². The summed E-state index contributed by atoms with van der Waals surface area (Å²) >= 11 is 2.28. The summed E-state index contributed by atoms with van der Waals surface area (Å²) in [5.41, 5.74) is 2.02. The summed E-state index contributed by atoms with van der Waals surface area (Å²) in [6, 6.07) is 6.56. The first kappa shape index (κ1) is 14.7. The Labute approximate surface area is 128 Å². The number of anilines is 1. The quantitative estimate of drug-likeness (QED) is 0.775. The SMILES string of the molecule is CCN(CC(=O)Nc1ccc(I)cc1C)C1CNC1. The zero-order valence-electron chi connectivity index (χ0n) is 11.4. The first-order chi connectivity index (χ1) is 9.10. The Hall–Kier alpha value is -0.660. The number of nitrogens with one attached hydrogen (secondary N) is 2. The fourth-order valence-corrected chi connectivity index (χ4v) is 2.82. The minimum atomic E-state index is 0.0676. The average molecular weight is 373 g/mol. The molecule has 1 aliphatic rings. The van der Waals surface area contributed by atoms with Gasteiger partial charge in [0, 0.05) is 28.4 Å². The molecule has 4 nitrogen and oxygen atoms in total. The van der Waals surface area contributed by atoms with E-state index in [1.165, 1.54) is 3.57 Å². The second-order valence-electron chi connectivity index (χ2n) is 4.88. The van der Waals surface area contributed by atoms with Crippen molar-refractivity contribution in [3.8, 4) is 0 Å². The highest BCUT2D eigenvalue weighted by Gasteiger charge is 2.24. The summed E-state index contributed by atoms with van der Waals surface area (Å²) in [4.78, 5) is 14.3. The van der Waals surface area contributed by atoms with E-state index in [1.807, 2.05) is 19.1 Å². The molecule has 0 atom stereocenters. The second-order valence-corrected chi connectivity index (χ2v) is 6.13. The molecule has 0 saturated carbocycles. The Morgan fingerprint density at radius 3 is 2.79 bits per heavy atom. The molecule has 1 saturated heterocycles. The highest BCUT2D eigenvalue weighted by molar-refractivity contribution is 14.1. The summed E-state index contributed by atoms with van der Waals surface area (Å²) in [5.74, 6) is 0.0676. The zero-order chi connectivity index (χ0) is 13.8. The van der Waals surface area contributed by atoms with Crippen molar-refractivity contribution in [1.29, 1.82) is 0 Å². The minimum Gasteiger partial charge on any atom is -0.325 e. The maximum Gasteiger partial charge on any atom is 0.238 e. The molecule has 1 heterocycles. The smallest absolute Gasteiger partial charge is 0.238 e. The van der Waals surface area contributed by atoms with Gasteiger partial charge in [-0.1, -0.05) is 6.92 Å². The molecule has 2 N–H and O–H groups in total. The van der Waals surface area contributed by atoms with E-state index in [0.29, 0.717) is 12.6 Å². The van der Waals surface area contributed by atoms with Crippen molar-refractivity contribution in [2.24, 2.45) is 0 Å². The second kappa shape index (κ2) is 6.67. The molecule has 1 aliphatic heterocycles. The third kappa shape index (κ3) is 3.90. The van der Waals surface area contributed by atoms with Crippen molar-refractivity contribution in [2.75, 3.05) is 31.5 Å². The number of amides is 1. The van der Waals surface area contributed by atoms with Crippen LogP contribution in [0.2, 0.25) is 0 Å². The molecule has 1 fully saturated rings. The molecule has 0 unspecified atom stereocenters. The molecule has 0 spiro atoms. The van der Waals surface area contributed by atoms with Gasteiger partial charge in [-0.3, -0.25) is 9.69 Å². The van der Waals surface area contributed by atoms with Crippen LogP contribution >= 0.6 is 22.6 Å². The lowest BCUT2D eigenvalue weighted by atomic mass is 10.1. The van der Waals surface area contributed by atoms with Crippen molar-refractivity contribution in [1.82, 2.24) is 10.2 Å². The van der Waals surface area contributed by atoms with Gasteiger partial charge in [0.1, 0.15) is 0 Å². The Balaban J connectivity index is 1.92. The van der Waals surface area contributed by atoms with Crippen LogP contribution in [0.15, 0.2) is 18.2 Å². The van der Waals surface area contributed by atoms with Crippen LogP contribution in [0.1, 0.15) is 12.5 Å². The molecule has 0 bridgehead atoms. The third-order valence-corrected chi connectivity index (χ3v) is 4.16. The number of benzene rings is 1. The largest absolute Gasteiger partial charge is 0.325 e.